The molecule has 8 heteroatoms. The average Bonchev–Trinajstić information content (AvgIpc) is 2.87. The summed E-state index contributed by atoms with van der Waals surface area (Å²) in [5, 5.41) is 5.87. The predicted molar refractivity (Wildman–Crippen MR) is 163 cm³/mol. The van der Waals surface area contributed by atoms with Crippen molar-refractivity contribution in [2.75, 3.05) is 25.1 Å². The Morgan fingerprint density at radius 1 is 0.949 bits per heavy atom. The van der Waals surface area contributed by atoms with Crippen LogP contribution in [0.15, 0.2) is 24.3 Å². The predicted octanol–water partition coefficient (Wildman–Crippen LogP) is 6.79. The van der Waals surface area contributed by atoms with Crippen LogP contribution in [0.4, 0.5) is 4.79 Å². The van der Waals surface area contributed by atoms with Crippen LogP contribution in [0, 0.1) is 6.92 Å². The first-order chi connectivity index (χ1) is 18.5. The zero-order valence-electron chi connectivity index (χ0n) is 25.4. The van der Waals surface area contributed by atoms with Gasteiger partial charge in [-0.25, -0.2) is 4.79 Å². The lowest BCUT2D eigenvalue weighted by Gasteiger charge is -2.34. The van der Waals surface area contributed by atoms with Crippen molar-refractivity contribution in [2.45, 2.75) is 117 Å². The molecule has 1 aromatic rings. The summed E-state index contributed by atoms with van der Waals surface area (Å²) in [7, 11) is 0. The van der Waals surface area contributed by atoms with Crippen molar-refractivity contribution in [1.29, 1.82) is 0 Å². The number of carbonyl (C=O) groups is 3. The van der Waals surface area contributed by atoms with E-state index in [0.29, 0.717) is 25.3 Å². The minimum Gasteiger partial charge on any atom is -0.444 e. The van der Waals surface area contributed by atoms with E-state index in [1.807, 2.05) is 37.4 Å². The van der Waals surface area contributed by atoms with E-state index in [1.54, 1.807) is 37.4 Å². The molecule has 0 fully saturated rings. The van der Waals surface area contributed by atoms with E-state index in [9.17, 15) is 14.4 Å². The molecule has 222 valence electrons. The second kappa shape index (κ2) is 19.0. The van der Waals surface area contributed by atoms with Gasteiger partial charge >= 0.3 is 6.09 Å². The Hall–Kier alpha value is -2.22. The molecule has 0 heterocycles. The molecule has 2 atom stereocenters. The first-order valence-corrected chi connectivity index (χ1v) is 16.1. The lowest BCUT2D eigenvalue weighted by Crippen LogP contribution is -2.53. The van der Waals surface area contributed by atoms with Crippen LogP contribution >= 0.6 is 11.8 Å². The summed E-state index contributed by atoms with van der Waals surface area (Å²) in [6, 6.07) is 6.24. The summed E-state index contributed by atoms with van der Waals surface area (Å²) >= 11 is 1.61. The minimum absolute atomic E-state index is 0.187. The Bertz CT molecular complexity index is 854. The average molecular weight is 564 g/mol. The molecule has 0 radical (unpaired) electrons. The van der Waals surface area contributed by atoms with Crippen molar-refractivity contribution in [1.82, 2.24) is 15.5 Å². The van der Waals surface area contributed by atoms with E-state index >= 15 is 0 Å². The Kier molecular flexibility index (Phi) is 16.9. The van der Waals surface area contributed by atoms with Crippen LogP contribution in [0.1, 0.15) is 110 Å². The summed E-state index contributed by atoms with van der Waals surface area (Å²) in [6.07, 6.45) is 10.0. The molecule has 39 heavy (non-hydrogen) atoms. The van der Waals surface area contributed by atoms with Gasteiger partial charge in [0.2, 0.25) is 11.8 Å². The Labute approximate surface area is 241 Å². The number of aryl methyl sites for hydroxylation is 1. The maximum Gasteiger partial charge on any atom is 0.408 e. The van der Waals surface area contributed by atoms with Gasteiger partial charge in [-0.3, -0.25) is 9.59 Å². The van der Waals surface area contributed by atoms with Crippen LogP contribution in [0.5, 0.6) is 0 Å². The number of benzene rings is 1. The van der Waals surface area contributed by atoms with E-state index in [1.165, 1.54) is 19.3 Å². The third-order valence-electron chi connectivity index (χ3n) is 6.42. The first-order valence-electron chi connectivity index (χ1n) is 14.7. The quantitative estimate of drug-likeness (QED) is 0.192. The van der Waals surface area contributed by atoms with Gasteiger partial charge in [-0.15, -0.1) is 0 Å². The van der Waals surface area contributed by atoms with Gasteiger partial charge in [0.15, 0.2) is 0 Å². The lowest BCUT2D eigenvalue weighted by atomic mass is 10.00. The fourth-order valence-corrected chi connectivity index (χ4v) is 4.75. The molecular formula is C31H53N3O4S. The smallest absolute Gasteiger partial charge is 0.408 e. The lowest BCUT2D eigenvalue weighted by molar-refractivity contribution is -0.142. The number of rotatable bonds is 18. The molecule has 3 amide bonds. The largest absolute Gasteiger partial charge is 0.444 e. The second-order valence-corrected chi connectivity index (χ2v) is 12.2. The summed E-state index contributed by atoms with van der Waals surface area (Å²) in [6.45, 7) is 12.7. The molecule has 0 aliphatic rings. The maximum atomic E-state index is 14.2. The Morgan fingerprint density at radius 2 is 1.56 bits per heavy atom. The third kappa shape index (κ3) is 14.1. The van der Waals surface area contributed by atoms with Crippen LogP contribution in [-0.2, 0) is 14.3 Å². The Balaban J connectivity index is 3.36. The number of nitrogens with one attached hydrogen (secondary N) is 2. The molecule has 7 nitrogen and oxygen atoms in total. The van der Waals surface area contributed by atoms with Gasteiger partial charge in [-0.05, 0) is 64.5 Å². The summed E-state index contributed by atoms with van der Waals surface area (Å²) in [5.41, 5.74) is 1.18. The van der Waals surface area contributed by atoms with Crippen molar-refractivity contribution in [3.63, 3.8) is 0 Å². The molecule has 0 saturated heterocycles. The number of unbranched alkanes of at least 4 members (excludes halogenated alkanes) is 6. The Morgan fingerprint density at radius 3 is 2.15 bits per heavy atom. The van der Waals surface area contributed by atoms with Crippen LogP contribution < -0.4 is 10.6 Å². The standard InChI is InChI=1S/C31H53N3O4S/c1-8-10-12-13-14-15-22-34(29(36)26(20-23-39-7)33-30(37)38-31(4,5)6)27(28(35)32-21-11-9-2)25-18-16-24(3)17-19-25/h16-19,26-27H,8-15,20-23H2,1-7H3,(H,32,35)(H,33,37). The van der Waals surface area contributed by atoms with Gasteiger partial charge in [0.25, 0.3) is 0 Å². The monoisotopic (exact) mass is 563 g/mol. The summed E-state index contributed by atoms with van der Waals surface area (Å²) in [4.78, 5) is 42.3. The number of thioether (sulfide) groups is 1. The van der Waals surface area contributed by atoms with Gasteiger partial charge in [-0.2, -0.15) is 11.8 Å². The highest BCUT2D eigenvalue weighted by Crippen LogP contribution is 2.25. The number of hydrogen-bond donors (Lipinski definition) is 2. The molecule has 2 N–H and O–H groups in total. The van der Waals surface area contributed by atoms with Crippen molar-refractivity contribution >= 4 is 29.7 Å². The molecule has 0 spiro atoms. The summed E-state index contributed by atoms with van der Waals surface area (Å²) in [5.74, 6) is 0.252. The van der Waals surface area contributed by atoms with Gasteiger partial charge in [0.1, 0.15) is 17.7 Å². The zero-order chi connectivity index (χ0) is 29.3. The van der Waals surface area contributed by atoms with Crippen molar-refractivity contribution in [2.24, 2.45) is 0 Å². The number of nitrogens with zero attached hydrogens (tertiary/aromatic N) is 1. The topological polar surface area (TPSA) is 87.7 Å². The van der Waals surface area contributed by atoms with E-state index < -0.39 is 23.8 Å². The molecule has 1 rings (SSSR count). The fraction of sp³-hybridized carbons (Fsp3) is 0.710. The van der Waals surface area contributed by atoms with Gasteiger partial charge in [0.05, 0.1) is 0 Å². The van der Waals surface area contributed by atoms with Crippen molar-refractivity contribution in [3.05, 3.63) is 35.4 Å². The SMILES string of the molecule is CCCCCCCCN(C(=O)C(CCSC)NC(=O)OC(C)(C)C)C(C(=O)NCCCC)c1ccc(C)cc1. The van der Waals surface area contributed by atoms with Crippen molar-refractivity contribution < 1.29 is 19.1 Å². The molecule has 0 saturated carbocycles. The number of alkyl carbamates (subject to hydrolysis) is 1. The normalized spacial score (nSPS) is 12.9. The fourth-order valence-electron chi connectivity index (χ4n) is 4.28. The molecule has 0 aliphatic heterocycles. The number of carbonyl (C=O) groups excluding carboxylic acids is 3. The first kappa shape index (κ1) is 34.8. The van der Waals surface area contributed by atoms with Crippen LogP contribution in [0.2, 0.25) is 0 Å². The van der Waals surface area contributed by atoms with Gasteiger partial charge in [0, 0.05) is 13.1 Å². The third-order valence-corrected chi connectivity index (χ3v) is 7.06. The van der Waals surface area contributed by atoms with E-state index in [0.717, 1.165) is 43.2 Å². The molecule has 2 unspecified atom stereocenters. The molecule has 1 aromatic carbocycles. The highest BCUT2D eigenvalue weighted by Gasteiger charge is 2.35. The zero-order valence-corrected chi connectivity index (χ0v) is 26.3. The number of amides is 3. The maximum absolute atomic E-state index is 14.2. The number of hydrogen-bond acceptors (Lipinski definition) is 5. The molecular weight excluding hydrogens is 510 g/mol. The minimum atomic E-state index is -0.788. The molecule has 0 aromatic heterocycles. The highest BCUT2D eigenvalue weighted by atomic mass is 32.2. The van der Waals surface area contributed by atoms with Crippen LogP contribution in [0.25, 0.3) is 0 Å². The van der Waals surface area contributed by atoms with Crippen molar-refractivity contribution in [3.8, 4) is 0 Å². The van der Waals surface area contributed by atoms with E-state index in [-0.39, 0.29) is 11.8 Å². The number of ether oxygens (including phenoxy) is 1. The van der Waals surface area contributed by atoms with Gasteiger partial charge in [-0.1, -0.05) is 82.2 Å². The highest BCUT2D eigenvalue weighted by molar-refractivity contribution is 7.98. The molecule has 0 aliphatic carbocycles. The van der Waals surface area contributed by atoms with E-state index in [4.69, 9.17) is 4.74 Å². The van der Waals surface area contributed by atoms with Crippen LogP contribution in [-0.4, -0.2) is 59.5 Å². The van der Waals surface area contributed by atoms with Crippen LogP contribution in [0.3, 0.4) is 0 Å². The van der Waals surface area contributed by atoms with Gasteiger partial charge < -0.3 is 20.3 Å². The summed E-state index contributed by atoms with van der Waals surface area (Å²) < 4.78 is 5.48. The van der Waals surface area contributed by atoms with E-state index in [2.05, 4.69) is 24.5 Å². The molecule has 0 bridgehead atoms. The second-order valence-electron chi connectivity index (χ2n) is 11.2.